The third-order valence-electron chi connectivity index (χ3n) is 4.44. The molecule has 2 saturated heterocycles. The minimum Gasteiger partial charge on any atom is -0.394 e. The number of aliphatic hydroxyl groups is 6. The monoisotopic (exact) mass is 399 g/mol. The first-order valence-corrected chi connectivity index (χ1v) is 8.22. The maximum absolute atomic E-state index is 11.4. The SMILES string of the molecule is CC(=O)N[C@@H]1[C@@H](O[C@@H]2O[C@H](CO)[C@H](O)[C@H](O)[C@H]2O)[C@@H](O)[C@@H](COO)O[C@@H]1O. The molecule has 2 fully saturated rings. The minimum atomic E-state index is -1.76. The van der Waals surface area contributed by atoms with Crippen LogP contribution in [0.15, 0.2) is 0 Å². The van der Waals surface area contributed by atoms with Gasteiger partial charge in [0.25, 0.3) is 0 Å². The van der Waals surface area contributed by atoms with Crippen LogP contribution < -0.4 is 5.32 Å². The fraction of sp³-hybridized carbons (Fsp3) is 0.929. The molecule has 2 heterocycles. The summed E-state index contributed by atoms with van der Waals surface area (Å²) < 4.78 is 15.8. The number of carbonyl (C=O) groups excluding carboxylic acids is 1. The number of hydrogen-bond acceptors (Lipinski definition) is 12. The van der Waals surface area contributed by atoms with Crippen LogP contribution in [0.3, 0.4) is 0 Å². The first-order chi connectivity index (χ1) is 12.7. The van der Waals surface area contributed by atoms with Gasteiger partial charge in [-0.3, -0.25) is 10.1 Å². The molecule has 1 amide bonds. The Morgan fingerprint density at radius 1 is 1.00 bits per heavy atom. The van der Waals surface area contributed by atoms with Crippen LogP contribution in [0.1, 0.15) is 6.92 Å². The van der Waals surface area contributed by atoms with Gasteiger partial charge in [0.05, 0.1) is 6.61 Å². The molecule has 13 heteroatoms. The molecule has 13 nitrogen and oxygen atoms in total. The maximum atomic E-state index is 11.4. The van der Waals surface area contributed by atoms with Crippen molar-refractivity contribution in [3.8, 4) is 0 Å². The summed E-state index contributed by atoms with van der Waals surface area (Å²) >= 11 is 0. The fourth-order valence-electron chi connectivity index (χ4n) is 3.03. The summed E-state index contributed by atoms with van der Waals surface area (Å²) in [6.45, 7) is -0.0909. The van der Waals surface area contributed by atoms with Crippen molar-refractivity contribution in [2.24, 2.45) is 0 Å². The van der Waals surface area contributed by atoms with Gasteiger partial charge in [-0.15, -0.1) is 0 Å². The first-order valence-electron chi connectivity index (χ1n) is 8.22. The first kappa shape index (κ1) is 22.3. The Kier molecular flexibility index (Phi) is 7.84. The predicted octanol–water partition coefficient (Wildman–Crippen LogP) is -4.76. The van der Waals surface area contributed by atoms with Gasteiger partial charge in [-0.25, -0.2) is 4.89 Å². The summed E-state index contributed by atoms with van der Waals surface area (Å²) in [5.74, 6) is -0.589. The molecule has 10 atom stereocenters. The highest BCUT2D eigenvalue weighted by molar-refractivity contribution is 5.73. The second-order valence-electron chi connectivity index (χ2n) is 6.38. The highest BCUT2D eigenvalue weighted by Crippen LogP contribution is 2.28. The summed E-state index contributed by atoms with van der Waals surface area (Å²) in [7, 11) is 0. The molecule has 2 rings (SSSR count). The van der Waals surface area contributed by atoms with Gasteiger partial charge in [0.15, 0.2) is 12.6 Å². The van der Waals surface area contributed by atoms with Crippen molar-refractivity contribution >= 4 is 5.91 Å². The topological polar surface area (TPSA) is 208 Å². The summed E-state index contributed by atoms with van der Waals surface area (Å²) in [4.78, 5) is 15.3. The lowest BCUT2D eigenvalue weighted by Crippen LogP contribution is -2.67. The maximum Gasteiger partial charge on any atom is 0.217 e. The van der Waals surface area contributed by atoms with Gasteiger partial charge < -0.3 is 50.2 Å². The molecule has 0 unspecified atom stereocenters. The molecule has 0 aromatic rings. The summed E-state index contributed by atoms with van der Waals surface area (Å²) in [6.07, 6.45) is -13.9. The van der Waals surface area contributed by atoms with E-state index < -0.39 is 80.5 Å². The zero-order valence-corrected chi connectivity index (χ0v) is 14.4. The zero-order valence-electron chi connectivity index (χ0n) is 14.4. The molecular weight excluding hydrogens is 374 g/mol. The van der Waals surface area contributed by atoms with E-state index >= 15 is 0 Å². The third-order valence-corrected chi connectivity index (χ3v) is 4.44. The van der Waals surface area contributed by atoms with E-state index in [1.165, 1.54) is 0 Å². The van der Waals surface area contributed by atoms with Crippen LogP contribution in [0.4, 0.5) is 0 Å². The van der Waals surface area contributed by atoms with E-state index in [-0.39, 0.29) is 0 Å². The van der Waals surface area contributed by atoms with Crippen LogP contribution in [-0.2, 0) is 23.9 Å². The molecule has 2 aliphatic rings. The second-order valence-corrected chi connectivity index (χ2v) is 6.38. The largest absolute Gasteiger partial charge is 0.394 e. The Balaban J connectivity index is 2.22. The van der Waals surface area contributed by atoms with Gasteiger partial charge in [-0.1, -0.05) is 0 Å². The number of amides is 1. The molecule has 158 valence electrons. The zero-order chi connectivity index (χ0) is 20.3. The van der Waals surface area contributed by atoms with E-state index in [4.69, 9.17) is 19.5 Å². The molecule has 0 bridgehead atoms. The molecule has 0 aromatic heterocycles. The quantitative estimate of drug-likeness (QED) is 0.156. The van der Waals surface area contributed by atoms with E-state index in [2.05, 4.69) is 10.2 Å². The van der Waals surface area contributed by atoms with E-state index in [1.54, 1.807) is 0 Å². The number of carbonyl (C=O) groups is 1. The number of rotatable bonds is 6. The van der Waals surface area contributed by atoms with Crippen molar-refractivity contribution in [1.82, 2.24) is 5.32 Å². The van der Waals surface area contributed by atoms with E-state index in [0.29, 0.717) is 0 Å². The normalized spacial score (nSPS) is 45.5. The Hall–Kier alpha value is -0.970. The van der Waals surface area contributed by atoms with Crippen LogP contribution >= 0.6 is 0 Å². The Morgan fingerprint density at radius 3 is 2.22 bits per heavy atom. The Labute approximate surface area is 153 Å². The van der Waals surface area contributed by atoms with Gasteiger partial charge in [-0.2, -0.15) is 0 Å². The Morgan fingerprint density at radius 2 is 1.67 bits per heavy atom. The van der Waals surface area contributed by atoms with E-state index in [0.717, 1.165) is 6.92 Å². The van der Waals surface area contributed by atoms with Crippen molar-refractivity contribution in [3.05, 3.63) is 0 Å². The summed E-state index contributed by atoms with van der Waals surface area (Å²) in [6, 6.07) is -1.31. The smallest absolute Gasteiger partial charge is 0.217 e. The van der Waals surface area contributed by atoms with E-state index in [1.807, 2.05) is 0 Å². The van der Waals surface area contributed by atoms with Crippen LogP contribution in [0.5, 0.6) is 0 Å². The number of nitrogens with one attached hydrogen (secondary N) is 1. The predicted molar refractivity (Wildman–Crippen MR) is 81.7 cm³/mol. The third kappa shape index (κ3) is 4.90. The molecule has 0 radical (unpaired) electrons. The molecule has 0 aliphatic carbocycles. The van der Waals surface area contributed by atoms with Crippen LogP contribution in [0.25, 0.3) is 0 Å². The fourth-order valence-corrected chi connectivity index (χ4v) is 3.03. The highest BCUT2D eigenvalue weighted by Gasteiger charge is 2.51. The van der Waals surface area contributed by atoms with Crippen LogP contribution in [0, 0.1) is 0 Å². The van der Waals surface area contributed by atoms with Gasteiger partial charge in [0, 0.05) is 6.92 Å². The molecule has 0 saturated carbocycles. The molecular formula is C14H25NO12. The minimum absolute atomic E-state index is 0.542. The molecule has 8 N–H and O–H groups in total. The molecule has 2 aliphatic heterocycles. The number of aliphatic hydroxyl groups excluding tert-OH is 6. The van der Waals surface area contributed by atoms with Crippen molar-refractivity contribution in [3.63, 3.8) is 0 Å². The molecule has 0 aromatic carbocycles. The average Bonchev–Trinajstić information content (AvgIpc) is 2.62. The lowest BCUT2D eigenvalue weighted by molar-refractivity contribution is -0.350. The van der Waals surface area contributed by atoms with Crippen molar-refractivity contribution in [1.29, 1.82) is 0 Å². The van der Waals surface area contributed by atoms with Gasteiger partial charge in [0.1, 0.15) is 55.4 Å². The Bertz CT molecular complexity index is 493. The van der Waals surface area contributed by atoms with Crippen molar-refractivity contribution < 1.29 is 59.8 Å². The molecule has 27 heavy (non-hydrogen) atoms. The number of ether oxygens (including phenoxy) is 3. The summed E-state index contributed by atoms with van der Waals surface area (Å²) in [5.41, 5.74) is 0. The van der Waals surface area contributed by atoms with Gasteiger partial charge in [0.2, 0.25) is 5.91 Å². The average molecular weight is 399 g/mol. The van der Waals surface area contributed by atoms with Crippen LogP contribution in [-0.4, -0.2) is 116 Å². The van der Waals surface area contributed by atoms with E-state index in [9.17, 15) is 35.4 Å². The van der Waals surface area contributed by atoms with Crippen LogP contribution in [0.2, 0.25) is 0 Å². The van der Waals surface area contributed by atoms with Crippen molar-refractivity contribution in [2.45, 2.75) is 68.3 Å². The van der Waals surface area contributed by atoms with Crippen molar-refractivity contribution in [2.75, 3.05) is 13.2 Å². The highest BCUT2D eigenvalue weighted by atomic mass is 17.1. The lowest BCUT2D eigenvalue weighted by atomic mass is 9.95. The second kappa shape index (κ2) is 9.49. The standard InChI is InChI=1S/C14H25NO12/c1-4(17)15-7-12(9(19)6(3-24-23)25-13(7)22)27-14-11(21)10(20)8(18)5(2-16)26-14/h5-14,16,18-23H,2-3H2,1H3,(H,15,17)/t5-,6-,7-,8+,9+,10+,11-,12-,13+,14+/m1/s1. The van der Waals surface area contributed by atoms with Gasteiger partial charge in [-0.05, 0) is 0 Å². The number of hydrogen-bond donors (Lipinski definition) is 8. The lowest BCUT2D eigenvalue weighted by Gasteiger charge is -2.46. The van der Waals surface area contributed by atoms with Gasteiger partial charge >= 0.3 is 0 Å². The molecule has 0 spiro atoms. The summed E-state index contributed by atoms with van der Waals surface area (Å²) in [5, 5.41) is 70.3.